The minimum Gasteiger partial charge on any atom is -0.491 e. The fourth-order valence-electron chi connectivity index (χ4n) is 3.51. The van der Waals surface area contributed by atoms with Gasteiger partial charge in [0.05, 0.1) is 24.8 Å². The van der Waals surface area contributed by atoms with Crippen molar-refractivity contribution in [2.75, 3.05) is 19.0 Å². The first kappa shape index (κ1) is 21.6. The van der Waals surface area contributed by atoms with Crippen molar-refractivity contribution in [2.24, 2.45) is 13.0 Å². The van der Waals surface area contributed by atoms with Crippen LogP contribution in [0, 0.1) is 19.8 Å². The van der Waals surface area contributed by atoms with Crippen molar-refractivity contribution in [1.82, 2.24) is 14.8 Å². The van der Waals surface area contributed by atoms with E-state index in [0.29, 0.717) is 42.7 Å². The zero-order valence-corrected chi connectivity index (χ0v) is 18.6. The summed E-state index contributed by atoms with van der Waals surface area (Å²) in [5, 5.41) is 8.26. The van der Waals surface area contributed by atoms with Gasteiger partial charge in [0.25, 0.3) is 0 Å². The van der Waals surface area contributed by atoms with E-state index in [2.05, 4.69) is 24.3 Å². The molecule has 1 aromatic carbocycles. The number of rotatable bonds is 8. The molecule has 160 valence electrons. The summed E-state index contributed by atoms with van der Waals surface area (Å²) in [4.78, 5) is 17.4. The minimum atomic E-state index is -0.0624. The van der Waals surface area contributed by atoms with Crippen LogP contribution in [0.25, 0.3) is 11.0 Å². The number of carbonyl (C=O) groups is 1. The summed E-state index contributed by atoms with van der Waals surface area (Å²) >= 11 is 0. The number of aromatic nitrogens is 3. The number of nitrogens with zero attached hydrogens (tertiary/aromatic N) is 3. The summed E-state index contributed by atoms with van der Waals surface area (Å²) in [5.74, 6) is 1.59. The van der Waals surface area contributed by atoms with Gasteiger partial charge in [0, 0.05) is 19.2 Å². The molecule has 3 rings (SSSR count). The summed E-state index contributed by atoms with van der Waals surface area (Å²) in [5.41, 5.74) is 4.48. The number of nitrogens with one attached hydrogen (secondary N) is 1. The average molecular weight is 411 g/mol. The number of carbonyl (C=O) groups excluding carboxylic acids is 1. The van der Waals surface area contributed by atoms with Gasteiger partial charge in [0.2, 0.25) is 11.8 Å². The number of methoxy groups -OCH3 is 1. The molecule has 0 spiro atoms. The number of benzene rings is 1. The molecule has 0 aliphatic rings. The molecule has 7 nitrogen and oxygen atoms in total. The summed E-state index contributed by atoms with van der Waals surface area (Å²) < 4.78 is 13.0. The molecular weight excluding hydrogens is 380 g/mol. The Hall–Kier alpha value is -3.09. The van der Waals surface area contributed by atoms with E-state index in [-0.39, 0.29) is 5.91 Å². The molecule has 0 bridgehead atoms. The van der Waals surface area contributed by atoms with Crippen LogP contribution in [0.3, 0.4) is 0 Å². The molecule has 1 amide bonds. The number of fused-ring (bicyclic) bond motifs is 1. The molecule has 0 fully saturated rings. The average Bonchev–Trinajstić information content (AvgIpc) is 3.02. The maximum absolute atomic E-state index is 12.7. The predicted octanol–water partition coefficient (Wildman–Crippen LogP) is 4.20. The third-order valence-corrected chi connectivity index (χ3v) is 5.05. The number of ether oxygens (including phenoxy) is 2. The largest absolute Gasteiger partial charge is 0.491 e. The van der Waals surface area contributed by atoms with Gasteiger partial charge in [-0.25, -0.2) is 9.67 Å². The number of amides is 1. The van der Waals surface area contributed by atoms with Gasteiger partial charge in [-0.05, 0) is 49.4 Å². The molecule has 7 heteroatoms. The van der Waals surface area contributed by atoms with E-state index in [9.17, 15) is 4.79 Å². The SMILES string of the molecule is COc1nn(C)c2nc(C)c(CCC(=O)Nc3ccccc3OCC(C)C)c(C)c12. The maximum Gasteiger partial charge on any atom is 0.242 e. The van der Waals surface area contributed by atoms with Crippen molar-refractivity contribution in [3.8, 4) is 11.6 Å². The Bertz CT molecular complexity index is 1060. The standard InChI is InChI=1S/C23H30N4O3/c1-14(2)13-30-19-10-8-7-9-18(19)25-20(28)12-11-17-15(3)21-22(24-16(17)4)27(5)26-23(21)29-6/h7-10,14H,11-13H2,1-6H3,(H,25,28). The lowest BCUT2D eigenvalue weighted by Gasteiger charge is -2.14. The van der Waals surface area contributed by atoms with Gasteiger partial charge in [0.15, 0.2) is 5.65 Å². The fourth-order valence-corrected chi connectivity index (χ4v) is 3.51. The lowest BCUT2D eigenvalue weighted by molar-refractivity contribution is -0.116. The summed E-state index contributed by atoms with van der Waals surface area (Å²) in [7, 11) is 3.45. The van der Waals surface area contributed by atoms with Crippen LogP contribution in [0.2, 0.25) is 0 Å². The minimum absolute atomic E-state index is 0.0624. The molecule has 0 saturated carbocycles. The van der Waals surface area contributed by atoms with Crippen LogP contribution in [0.1, 0.15) is 37.1 Å². The second kappa shape index (κ2) is 9.15. The first-order valence-corrected chi connectivity index (χ1v) is 10.2. The zero-order valence-electron chi connectivity index (χ0n) is 18.6. The van der Waals surface area contributed by atoms with Crippen LogP contribution in [0.5, 0.6) is 11.6 Å². The monoisotopic (exact) mass is 410 g/mol. The highest BCUT2D eigenvalue weighted by Crippen LogP contribution is 2.31. The molecular formula is C23H30N4O3. The van der Waals surface area contributed by atoms with Crippen molar-refractivity contribution in [3.05, 3.63) is 41.1 Å². The Morgan fingerprint density at radius 3 is 2.67 bits per heavy atom. The van der Waals surface area contributed by atoms with Crippen molar-refractivity contribution in [3.63, 3.8) is 0 Å². The first-order chi connectivity index (χ1) is 14.3. The molecule has 2 aromatic heterocycles. The Balaban J connectivity index is 1.75. The molecule has 0 atom stereocenters. The van der Waals surface area contributed by atoms with E-state index in [1.54, 1.807) is 11.8 Å². The summed E-state index contributed by atoms with van der Waals surface area (Å²) in [6.45, 7) is 8.78. The van der Waals surface area contributed by atoms with Crippen LogP contribution >= 0.6 is 0 Å². The summed E-state index contributed by atoms with van der Waals surface area (Å²) in [6, 6.07) is 7.52. The van der Waals surface area contributed by atoms with Crippen LogP contribution in [-0.2, 0) is 18.3 Å². The molecule has 30 heavy (non-hydrogen) atoms. The predicted molar refractivity (Wildman–Crippen MR) is 118 cm³/mol. The van der Waals surface area contributed by atoms with Crippen LogP contribution in [0.4, 0.5) is 5.69 Å². The lowest BCUT2D eigenvalue weighted by Crippen LogP contribution is -2.15. The topological polar surface area (TPSA) is 78.3 Å². The number of para-hydroxylation sites is 2. The third-order valence-electron chi connectivity index (χ3n) is 5.05. The summed E-state index contributed by atoms with van der Waals surface area (Å²) in [6.07, 6.45) is 0.926. The van der Waals surface area contributed by atoms with Crippen molar-refractivity contribution in [1.29, 1.82) is 0 Å². The molecule has 0 aliphatic carbocycles. The molecule has 3 aromatic rings. The van der Waals surface area contributed by atoms with E-state index < -0.39 is 0 Å². The lowest BCUT2D eigenvalue weighted by atomic mass is 10.00. The highest BCUT2D eigenvalue weighted by molar-refractivity contribution is 5.92. The highest BCUT2D eigenvalue weighted by atomic mass is 16.5. The zero-order chi connectivity index (χ0) is 21.8. The van der Waals surface area contributed by atoms with Crippen LogP contribution in [0.15, 0.2) is 24.3 Å². The Morgan fingerprint density at radius 2 is 1.97 bits per heavy atom. The molecule has 0 aliphatic heterocycles. The van der Waals surface area contributed by atoms with Gasteiger partial charge in [0.1, 0.15) is 5.75 Å². The van der Waals surface area contributed by atoms with Crippen molar-refractivity contribution < 1.29 is 14.3 Å². The molecule has 0 saturated heterocycles. The first-order valence-electron chi connectivity index (χ1n) is 10.2. The van der Waals surface area contributed by atoms with Crippen molar-refractivity contribution in [2.45, 2.75) is 40.5 Å². The van der Waals surface area contributed by atoms with E-state index >= 15 is 0 Å². The Morgan fingerprint density at radius 1 is 1.23 bits per heavy atom. The van der Waals surface area contributed by atoms with Gasteiger partial charge in [-0.1, -0.05) is 26.0 Å². The van der Waals surface area contributed by atoms with Gasteiger partial charge < -0.3 is 14.8 Å². The fraction of sp³-hybridized carbons (Fsp3) is 0.435. The van der Waals surface area contributed by atoms with Gasteiger partial charge in [-0.3, -0.25) is 4.79 Å². The quantitative estimate of drug-likeness (QED) is 0.602. The molecule has 0 unspecified atom stereocenters. The number of pyridine rings is 1. The van der Waals surface area contributed by atoms with E-state index in [4.69, 9.17) is 14.5 Å². The van der Waals surface area contributed by atoms with Gasteiger partial charge in [-0.2, -0.15) is 0 Å². The van der Waals surface area contributed by atoms with E-state index in [1.807, 2.05) is 45.2 Å². The van der Waals surface area contributed by atoms with Gasteiger partial charge in [-0.15, -0.1) is 5.10 Å². The Kier molecular flexibility index (Phi) is 6.59. The van der Waals surface area contributed by atoms with Crippen LogP contribution in [-0.4, -0.2) is 34.4 Å². The number of aryl methyl sites for hydroxylation is 3. The molecule has 0 radical (unpaired) electrons. The second-order valence-corrected chi connectivity index (χ2v) is 7.88. The maximum atomic E-state index is 12.7. The second-order valence-electron chi connectivity index (χ2n) is 7.88. The smallest absolute Gasteiger partial charge is 0.242 e. The van der Waals surface area contributed by atoms with Crippen molar-refractivity contribution >= 4 is 22.6 Å². The third kappa shape index (κ3) is 4.56. The number of hydrogen-bond acceptors (Lipinski definition) is 5. The number of anilines is 1. The van der Waals surface area contributed by atoms with Crippen LogP contribution < -0.4 is 14.8 Å². The normalized spacial score (nSPS) is 11.2. The number of hydrogen-bond donors (Lipinski definition) is 1. The highest BCUT2D eigenvalue weighted by Gasteiger charge is 2.18. The van der Waals surface area contributed by atoms with Gasteiger partial charge >= 0.3 is 0 Å². The van der Waals surface area contributed by atoms with E-state index in [0.717, 1.165) is 27.9 Å². The van der Waals surface area contributed by atoms with E-state index in [1.165, 1.54) is 0 Å². The Labute approximate surface area is 177 Å². The molecule has 1 N–H and O–H groups in total. The molecule has 2 heterocycles.